The van der Waals surface area contributed by atoms with Gasteiger partial charge in [0.2, 0.25) is 6.79 Å². The van der Waals surface area contributed by atoms with Gasteiger partial charge in [0.15, 0.2) is 11.5 Å². The van der Waals surface area contributed by atoms with Gasteiger partial charge in [-0.15, -0.1) is 0 Å². The van der Waals surface area contributed by atoms with Crippen molar-refractivity contribution in [3.8, 4) is 11.5 Å². The summed E-state index contributed by atoms with van der Waals surface area (Å²) < 4.78 is 16.2. The molecule has 0 N–H and O–H groups in total. The summed E-state index contributed by atoms with van der Waals surface area (Å²) in [6.45, 7) is 1.00. The molecule has 1 amide bonds. The molecule has 0 bridgehead atoms. The van der Waals surface area contributed by atoms with Gasteiger partial charge in [0.1, 0.15) is 5.76 Å². The molecule has 2 heterocycles. The number of rotatable bonds is 5. The fraction of sp³-hybridized carbons (Fsp3) is 0.150. The Morgan fingerprint density at radius 2 is 1.81 bits per heavy atom. The average Bonchev–Trinajstić information content (AvgIpc) is 3.32. The van der Waals surface area contributed by atoms with E-state index in [4.69, 9.17) is 25.5 Å². The molecule has 1 aromatic heterocycles. The Morgan fingerprint density at radius 1 is 1.00 bits per heavy atom. The van der Waals surface area contributed by atoms with E-state index in [0.717, 1.165) is 11.3 Å². The predicted molar refractivity (Wildman–Crippen MR) is 96.3 cm³/mol. The number of amides is 1. The molecule has 0 fully saturated rings. The van der Waals surface area contributed by atoms with Crippen LogP contribution in [-0.2, 0) is 13.1 Å². The maximum atomic E-state index is 13.0. The topological polar surface area (TPSA) is 51.9 Å². The summed E-state index contributed by atoms with van der Waals surface area (Å²) in [5, 5.41) is 0.593. The van der Waals surface area contributed by atoms with E-state index in [-0.39, 0.29) is 12.7 Å². The van der Waals surface area contributed by atoms with Crippen molar-refractivity contribution in [3.05, 3.63) is 82.8 Å². The Kier molecular flexibility index (Phi) is 4.54. The molecular formula is C20H16ClNO4. The van der Waals surface area contributed by atoms with Gasteiger partial charge in [-0.1, -0.05) is 17.7 Å². The van der Waals surface area contributed by atoms with Crippen LogP contribution in [0.1, 0.15) is 21.7 Å². The second kappa shape index (κ2) is 7.14. The Labute approximate surface area is 155 Å². The molecule has 0 unspecified atom stereocenters. The molecule has 3 aromatic rings. The number of carbonyl (C=O) groups excluding carboxylic acids is 1. The molecule has 6 heteroatoms. The summed E-state index contributed by atoms with van der Waals surface area (Å²) >= 11 is 5.93. The molecule has 0 aliphatic carbocycles. The zero-order valence-corrected chi connectivity index (χ0v) is 14.6. The van der Waals surface area contributed by atoms with E-state index in [1.165, 1.54) is 0 Å². The summed E-state index contributed by atoms with van der Waals surface area (Å²) in [5.74, 6) is 2.03. The van der Waals surface area contributed by atoms with Gasteiger partial charge in [-0.05, 0) is 54.1 Å². The Hall–Kier alpha value is -2.92. The van der Waals surface area contributed by atoms with E-state index in [0.29, 0.717) is 35.2 Å². The maximum Gasteiger partial charge on any atom is 0.254 e. The number of ether oxygens (including phenoxy) is 2. The number of hydrogen-bond acceptors (Lipinski definition) is 4. The van der Waals surface area contributed by atoms with Crippen LogP contribution in [0.25, 0.3) is 0 Å². The minimum atomic E-state index is -0.101. The summed E-state index contributed by atoms with van der Waals surface area (Å²) in [6.07, 6.45) is 1.60. The lowest BCUT2D eigenvalue weighted by molar-refractivity contribution is 0.0717. The van der Waals surface area contributed by atoms with Crippen molar-refractivity contribution >= 4 is 17.5 Å². The molecule has 1 aliphatic heterocycles. The van der Waals surface area contributed by atoms with Crippen molar-refractivity contribution in [2.24, 2.45) is 0 Å². The van der Waals surface area contributed by atoms with Crippen LogP contribution in [0.2, 0.25) is 5.02 Å². The first-order valence-electron chi connectivity index (χ1n) is 8.15. The third-order valence-electron chi connectivity index (χ3n) is 4.12. The maximum absolute atomic E-state index is 13.0. The van der Waals surface area contributed by atoms with Crippen molar-refractivity contribution in [2.75, 3.05) is 6.79 Å². The lowest BCUT2D eigenvalue weighted by atomic mass is 10.1. The molecule has 5 nitrogen and oxygen atoms in total. The van der Waals surface area contributed by atoms with E-state index in [1.54, 1.807) is 41.5 Å². The van der Waals surface area contributed by atoms with Gasteiger partial charge in [0, 0.05) is 17.1 Å². The summed E-state index contributed by atoms with van der Waals surface area (Å²) in [5.41, 5.74) is 1.52. The minimum Gasteiger partial charge on any atom is -0.467 e. The first kappa shape index (κ1) is 16.5. The standard InChI is InChI=1S/C20H16ClNO4/c21-16-6-4-15(5-7-16)20(23)22(12-17-2-1-9-24-17)11-14-3-8-18-19(10-14)26-13-25-18/h1-10H,11-13H2. The van der Waals surface area contributed by atoms with Crippen LogP contribution >= 0.6 is 11.6 Å². The van der Waals surface area contributed by atoms with E-state index in [9.17, 15) is 4.79 Å². The van der Waals surface area contributed by atoms with Crippen molar-refractivity contribution < 1.29 is 18.7 Å². The highest BCUT2D eigenvalue weighted by Crippen LogP contribution is 2.33. The fourth-order valence-corrected chi connectivity index (χ4v) is 2.95. The summed E-state index contributed by atoms with van der Waals surface area (Å²) in [4.78, 5) is 14.7. The van der Waals surface area contributed by atoms with Crippen LogP contribution in [0, 0.1) is 0 Å². The van der Waals surface area contributed by atoms with E-state index in [1.807, 2.05) is 24.3 Å². The number of fused-ring (bicyclic) bond motifs is 1. The monoisotopic (exact) mass is 369 g/mol. The SMILES string of the molecule is O=C(c1ccc(Cl)cc1)N(Cc1ccc2c(c1)OCO2)Cc1ccco1. The zero-order valence-electron chi connectivity index (χ0n) is 13.9. The Balaban J connectivity index is 1.59. The van der Waals surface area contributed by atoms with E-state index in [2.05, 4.69) is 0 Å². The van der Waals surface area contributed by atoms with Gasteiger partial charge in [-0.3, -0.25) is 4.79 Å². The highest BCUT2D eigenvalue weighted by atomic mass is 35.5. The van der Waals surface area contributed by atoms with E-state index >= 15 is 0 Å². The molecule has 0 saturated carbocycles. The van der Waals surface area contributed by atoms with Gasteiger partial charge < -0.3 is 18.8 Å². The van der Waals surface area contributed by atoms with Gasteiger partial charge in [-0.25, -0.2) is 0 Å². The van der Waals surface area contributed by atoms with Crippen LogP contribution in [0.15, 0.2) is 65.3 Å². The second-order valence-corrected chi connectivity index (χ2v) is 6.37. The number of benzene rings is 2. The fourth-order valence-electron chi connectivity index (χ4n) is 2.82. The second-order valence-electron chi connectivity index (χ2n) is 5.94. The molecule has 0 radical (unpaired) electrons. The van der Waals surface area contributed by atoms with Crippen molar-refractivity contribution in [1.29, 1.82) is 0 Å². The van der Waals surface area contributed by atoms with Crippen LogP contribution in [-0.4, -0.2) is 17.6 Å². The van der Waals surface area contributed by atoms with E-state index < -0.39 is 0 Å². The van der Waals surface area contributed by atoms with Crippen molar-refractivity contribution in [1.82, 2.24) is 4.90 Å². The smallest absolute Gasteiger partial charge is 0.254 e. The lowest BCUT2D eigenvalue weighted by Crippen LogP contribution is -2.30. The normalized spacial score (nSPS) is 12.2. The molecule has 1 aliphatic rings. The van der Waals surface area contributed by atoms with Crippen molar-refractivity contribution in [2.45, 2.75) is 13.1 Å². The molecule has 0 saturated heterocycles. The zero-order chi connectivity index (χ0) is 17.9. The molecule has 26 heavy (non-hydrogen) atoms. The third-order valence-corrected chi connectivity index (χ3v) is 4.37. The number of nitrogens with zero attached hydrogens (tertiary/aromatic N) is 1. The third kappa shape index (κ3) is 3.53. The molecule has 4 rings (SSSR count). The summed E-state index contributed by atoms with van der Waals surface area (Å²) in [6, 6.07) is 16.2. The van der Waals surface area contributed by atoms with Crippen LogP contribution in [0.4, 0.5) is 0 Å². The first-order chi connectivity index (χ1) is 12.7. The van der Waals surface area contributed by atoms with Gasteiger partial charge in [0.05, 0.1) is 12.8 Å². The largest absolute Gasteiger partial charge is 0.467 e. The highest BCUT2D eigenvalue weighted by Gasteiger charge is 2.20. The van der Waals surface area contributed by atoms with Crippen LogP contribution in [0.5, 0.6) is 11.5 Å². The molecular weight excluding hydrogens is 354 g/mol. The average molecular weight is 370 g/mol. The van der Waals surface area contributed by atoms with Gasteiger partial charge >= 0.3 is 0 Å². The molecule has 132 valence electrons. The predicted octanol–water partition coefficient (Wildman–Crippen LogP) is 4.50. The Bertz CT molecular complexity index is 906. The minimum absolute atomic E-state index is 0.101. The first-order valence-corrected chi connectivity index (χ1v) is 8.52. The Morgan fingerprint density at radius 3 is 2.58 bits per heavy atom. The number of halogens is 1. The van der Waals surface area contributed by atoms with Gasteiger partial charge in [-0.2, -0.15) is 0 Å². The quantitative estimate of drug-likeness (QED) is 0.664. The lowest BCUT2D eigenvalue weighted by Gasteiger charge is -2.22. The summed E-state index contributed by atoms with van der Waals surface area (Å²) in [7, 11) is 0. The highest BCUT2D eigenvalue weighted by molar-refractivity contribution is 6.30. The molecule has 0 spiro atoms. The van der Waals surface area contributed by atoms with Crippen LogP contribution < -0.4 is 9.47 Å². The van der Waals surface area contributed by atoms with Crippen LogP contribution in [0.3, 0.4) is 0 Å². The molecule has 0 atom stereocenters. The molecule has 2 aromatic carbocycles. The number of furan rings is 1. The van der Waals surface area contributed by atoms with Gasteiger partial charge in [0.25, 0.3) is 5.91 Å². The van der Waals surface area contributed by atoms with Crippen molar-refractivity contribution in [3.63, 3.8) is 0 Å². The number of hydrogen-bond donors (Lipinski definition) is 0. The number of carbonyl (C=O) groups is 1.